The van der Waals surface area contributed by atoms with Crippen molar-refractivity contribution in [2.24, 2.45) is 5.14 Å². The molecule has 7 nitrogen and oxygen atoms in total. The molecule has 1 saturated heterocycles. The minimum Gasteiger partial charge on any atom is -0.373 e. The number of rotatable bonds is 3. The van der Waals surface area contributed by atoms with Crippen LogP contribution in [0.1, 0.15) is 13.8 Å². The number of sulfonamides is 2. The van der Waals surface area contributed by atoms with E-state index in [4.69, 9.17) is 9.88 Å². The highest BCUT2D eigenvalue weighted by Crippen LogP contribution is 2.22. The highest BCUT2D eigenvalue weighted by atomic mass is 32.2. The molecule has 1 fully saturated rings. The van der Waals surface area contributed by atoms with Gasteiger partial charge in [0.05, 0.1) is 22.0 Å². The van der Waals surface area contributed by atoms with Gasteiger partial charge in [-0.2, -0.15) is 4.31 Å². The highest BCUT2D eigenvalue weighted by Gasteiger charge is 2.32. The summed E-state index contributed by atoms with van der Waals surface area (Å²) in [5.41, 5.74) is 0. The Kier molecular flexibility index (Phi) is 4.41. The van der Waals surface area contributed by atoms with Gasteiger partial charge < -0.3 is 4.74 Å². The van der Waals surface area contributed by atoms with Crippen molar-refractivity contribution >= 4 is 20.0 Å². The van der Waals surface area contributed by atoms with Crippen LogP contribution in [0.15, 0.2) is 34.1 Å². The molecular formula is C12H18N2O5S2. The summed E-state index contributed by atoms with van der Waals surface area (Å²) < 4.78 is 54.3. The van der Waals surface area contributed by atoms with Crippen LogP contribution in [0.3, 0.4) is 0 Å². The summed E-state index contributed by atoms with van der Waals surface area (Å²) in [6.07, 6.45) is -0.376. The van der Waals surface area contributed by atoms with Gasteiger partial charge in [-0.3, -0.25) is 0 Å². The lowest BCUT2D eigenvalue weighted by atomic mass is 10.3. The van der Waals surface area contributed by atoms with E-state index in [0.29, 0.717) is 0 Å². The SMILES string of the molecule is CC1CN(S(=O)(=O)c2ccc(S(N)(=O)=O)cc2)CC(C)O1. The Bertz CT molecular complexity index is 703. The predicted molar refractivity (Wildman–Crippen MR) is 76.6 cm³/mol. The third kappa shape index (κ3) is 3.61. The van der Waals surface area contributed by atoms with Gasteiger partial charge in [0.1, 0.15) is 0 Å². The number of nitrogens with two attached hydrogens (primary N) is 1. The average molecular weight is 334 g/mol. The maximum absolute atomic E-state index is 12.5. The highest BCUT2D eigenvalue weighted by molar-refractivity contribution is 7.89. The van der Waals surface area contributed by atoms with Crippen molar-refractivity contribution in [2.75, 3.05) is 13.1 Å². The van der Waals surface area contributed by atoms with Gasteiger partial charge in [-0.05, 0) is 38.1 Å². The number of primary sulfonamides is 1. The van der Waals surface area contributed by atoms with Gasteiger partial charge in [0.2, 0.25) is 20.0 Å². The maximum Gasteiger partial charge on any atom is 0.243 e. The fraction of sp³-hybridized carbons (Fsp3) is 0.500. The first-order valence-electron chi connectivity index (χ1n) is 6.39. The minimum atomic E-state index is -3.84. The quantitative estimate of drug-likeness (QED) is 0.845. The molecule has 0 saturated carbocycles. The largest absolute Gasteiger partial charge is 0.373 e. The Morgan fingerprint density at radius 1 is 1.00 bits per heavy atom. The van der Waals surface area contributed by atoms with Crippen LogP contribution in [0.5, 0.6) is 0 Å². The van der Waals surface area contributed by atoms with Crippen LogP contribution in [-0.4, -0.2) is 46.4 Å². The van der Waals surface area contributed by atoms with Gasteiger partial charge in [-0.15, -0.1) is 0 Å². The third-order valence-corrected chi connectivity index (χ3v) is 5.95. The monoisotopic (exact) mass is 334 g/mol. The van der Waals surface area contributed by atoms with E-state index in [1.165, 1.54) is 28.6 Å². The van der Waals surface area contributed by atoms with Gasteiger partial charge in [0.25, 0.3) is 0 Å². The summed E-state index contributed by atoms with van der Waals surface area (Å²) in [4.78, 5) is -0.0821. The summed E-state index contributed by atoms with van der Waals surface area (Å²) in [5, 5.41) is 4.99. The number of nitrogens with zero attached hydrogens (tertiary/aromatic N) is 1. The maximum atomic E-state index is 12.5. The van der Waals surface area contributed by atoms with Gasteiger partial charge in [-0.1, -0.05) is 0 Å². The first kappa shape index (κ1) is 16.4. The normalized spacial score (nSPS) is 24.9. The molecule has 0 bridgehead atoms. The lowest BCUT2D eigenvalue weighted by molar-refractivity contribution is -0.0440. The van der Waals surface area contributed by atoms with Gasteiger partial charge >= 0.3 is 0 Å². The van der Waals surface area contributed by atoms with E-state index in [2.05, 4.69) is 0 Å². The Hall–Kier alpha value is -1.00. The molecule has 1 aromatic rings. The first-order valence-corrected chi connectivity index (χ1v) is 9.38. The average Bonchev–Trinajstić information content (AvgIpc) is 2.36. The van der Waals surface area contributed by atoms with E-state index in [1.807, 2.05) is 13.8 Å². The topological polar surface area (TPSA) is 107 Å². The molecule has 1 heterocycles. The second kappa shape index (κ2) is 5.65. The van der Waals surface area contributed by atoms with Crippen LogP contribution >= 0.6 is 0 Å². The summed E-state index contributed by atoms with van der Waals surface area (Å²) >= 11 is 0. The summed E-state index contributed by atoms with van der Waals surface area (Å²) in [5.74, 6) is 0. The molecule has 21 heavy (non-hydrogen) atoms. The lowest BCUT2D eigenvalue weighted by Gasteiger charge is -2.34. The van der Waals surface area contributed by atoms with E-state index in [-0.39, 0.29) is 35.1 Å². The zero-order valence-corrected chi connectivity index (χ0v) is 13.4. The van der Waals surface area contributed by atoms with Crippen LogP contribution in [0, 0.1) is 0 Å². The summed E-state index contributed by atoms with van der Waals surface area (Å²) in [7, 11) is -7.51. The van der Waals surface area contributed by atoms with Crippen molar-refractivity contribution in [3.63, 3.8) is 0 Å². The smallest absolute Gasteiger partial charge is 0.243 e. The van der Waals surface area contributed by atoms with Gasteiger partial charge in [-0.25, -0.2) is 22.0 Å². The molecule has 0 spiro atoms. The van der Waals surface area contributed by atoms with Crippen molar-refractivity contribution in [3.8, 4) is 0 Å². The van der Waals surface area contributed by atoms with Crippen LogP contribution in [0.25, 0.3) is 0 Å². The Morgan fingerprint density at radius 2 is 1.43 bits per heavy atom. The zero-order chi connectivity index (χ0) is 15.8. The fourth-order valence-electron chi connectivity index (χ4n) is 2.28. The van der Waals surface area contributed by atoms with Crippen LogP contribution in [0.4, 0.5) is 0 Å². The lowest BCUT2D eigenvalue weighted by Crippen LogP contribution is -2.48. The number of hydrogen-bond acceptors (Lipinski definition) is 5. The molecule has 1 aliphatic rings. The van der Waals surface area contributed by atoms with Crippen molar-refractivity contribution in [2.45, 2.75) is 35.8 Å². The van der Waals surface area contributed by atoms with Crippen molar-refractivity contribution < 1.29 is 21.6 Å². The molecule has 2 atom stereocenters. The molecule has 2 rings (SSSR count). The van der Waals surface area contributed by atoms with Crippen molar-refractivity contribution in [1.29, 1.82) is 0 Å². The zero-order valence-electron chi connectivity index (χ0n) is 11.8. The second-order valence-corrected chi connectivity index (χ2v) is 8.60. The van der Waals surface area contributed by atoms with E-state index in [9.17, 15) is 16.8 Å². The summed E-state index contributed by atoms with van der Waals surface area (Å²) in [6.45, 7) is 4.15. The predicted octanol–water partition coefficient (Wildman–Crippen LogP) is 0.132. The molecule has 0 amide bonds. The first-order chi connectivity index (χ1) is 9.60. The van der Waals surface area contributed by atoms with Crippen LogP contribution < -0.4 is 5.14 Å². The van der Waals surface area contributed by atoms with Crippen LogP contribution in [0.2, 0.25) is 0 Å². The molecule has 2 N–H and O–H groups in total. The van der Waals surface area contributed by atoms with Gasteiger partial charge in [0, 0.05) is 13.1 Å². The molecule has 0 aromatic heterocycles. The number of morpholine rings is 1. The van der Waals surface area contributed by atoms with E-state index in [1.54, 1.807) is 0 Å². The number of hydrogen-bond donors (Lipinski definition) is 1. The van der Waals surface area contributed by atoms with Crippen molar-refractivity contribution in [3.05, 3.63) is 24.3 Å². The minimum absolute atomic E-state index is 0.0381. The Labute approximate surface area is 124 Å². The second-order valence-electron chi connectivity index (χ2n) is 5.10. The molecule has 2 unspecified atom stereocenters. The molecule has 0 radical (unpaired) electrons. The van der Waals surface area contributed by atoms with E-state index in [0.717, 1.165) is 0 Å². The van der Waals surface area contributed by atoms with Crippen molar-refractivity contribution in [1.82, 2.24) is 4.31 Å². The molecular weight excluding hydrogens is 316 g/mol. The molecule has 1 aromatic carbocycles. The standard InChI is InChI=1S/C12H18N2O5S2/c1-9-7-14(8-10(2)19-9)21(17,18)12-5-3-11(4-6-12)20(13,15)16/h3-6,9-10H,7-8H2,1-2H3,(H2,13,15,16). The molecule has 118 valence electrons. The fourth-order valence-corrected chi connectivity index (χ4v) is 4.38. The van der Waals surface area contributed by atoms with Gasteiger partial charge in [0.15, 0.2) is 0 Å². The van der Waals surface area contributed by atoms with E-state index >= 15 is 0 Å². The van der Waals surface area contributed by atoms with E-state index < -0.39 is 20.0 Å². The third-order valence-electron chi connectivity index (χ3n) is 3.18. The Morgan fingerprint density at radius 3 is 1.86 bits per heavy atom. The van der Waals surface area contributed by atoms with Crippen LogP contribution in [-0.2, 0) is 24.8 Å². The summed E-state index contributed by atoms with van der Waals surface area (Å²) in [6, 6.07) is 4.88. The molecule has 1 aliphatic heterocycles. The number of ether oxygens (including phenoxy) is 1. The number of benzene rings is 1. The Balaban J connectivity index is 2.31. The molecule has 9 heteroatoms. The molecule has 0 aliphatic carbocycles.